The van der Waals surface area contributed by atoms with Crippen molar-refractivity contribution in [2.24, 2.45) is 5.41 Å². The Balaban J connectivity index is 2.53. The molecule has 2 unspecified atom stereocenters. The van der Waals surface area contributed by atoms with Crippen molar-refractivity contribution in [3.05, 3.63) is 0 Å². The van der Waals surface area contributed by atoms with Crippen LogP contribution in [0.25, 0.3) is 0 Å². The van der Waals surface area contributed by atoms with E-state index in [-0.39, 0.29) is 11.5 Å². The third-order valence-corrected chi connectivity index (χ3v) is 2.76. The average molecular weight is 215 g/mol. The molecule has 0 saturated carbocycles. The summed E-state index contributed by atoms with van der Waals surface area (Å²) < 4.78 is 11.2. The van der Waals surface area contributed by atoms with Crippen molar-refractivity contribution >= 4 is 0 Å². The van der Waals surface area contributed by atoms with Crippen LogP contribution in [0, 0.1) is 5.41 Å². The average Bonchev–Trinajstić information content (AvgIpc) is 2.18. The maximum Gasteiger partial charge on any atom is 0.0967 e. The minimum absolute atomic E-state index is 0.199. The molecule has 0 aromatic rings. The minimum atomic E-state index is 0.199. The van der Waals surface area contributed by atoms with Crippen molar-refractivity contribution in [3.63, 3.8) is 0 Å². The topological polar surface area (TPSA) is 30.5 Å². The molecule has 0 aliphatic carbocycles. The molecular weight excluding hydrogens is 190 g/mol. The lowest BCUT2D eigenvalue weighted by molar-refractivity contribution is -0.115. The van der Waals surface area contributed by atoms with Crippen molar-refractivity contribution < 1.29 is 9.47 Å². The zero-order valence-electron chi connectivity index (χ0n) is 10.5. The lowest BCUT2D eigenvalue weighted by atomic mass is 9.83. The second-order valence-electron chi connectivity index (χ2n) is 5.28. The molecule has 90 valence electrons. The molecule has 1 saturated heterocycles. The fourth-order valence-corrected chi connectivity index (χ4v) is 1.99. The Labute approximate surface area is 93.5 Å². The van der Waals surface area contributed by atoms with Crippen LogP contribution in [0.3, 0.4) is 0 Å². The zero-order chi connectivity index (χ0) is 11.3. The van der Waals surface area contributed by atoms with E-state index in [1.54, 1.807) is 0 Å². The molecule has 1 aliphatic rings. The second-order valence-corrected chi connectivity index (χ2v) is 5.28. The van der Waals surface area contributed by atoms with Crippen LogP contribution in [0.1, 0.15) is 34.1 Å². The summed E-state index contributed by atoms with van der Waals surface area (Å²) >= 11 is 0. The van der Waals surface area contributed by atoms with Crippen molar-refractivity contribution in [2.75, 3.05) is 26.4 Å². The van der Waals surface area contributed by atoms with E-state index in [2.05, 4.69) is 33.0 Å². The molecule has 15 heavy (non-hydrogen) atoms. The summed E-state index contributed by atoms with van der Waals surface area (Å²) in [5, 5.41) is 3.57. The number of hydrogen-bond acceptors (Lipinski definition) is 3. The van der Waals surface area contributed by atoms with E-state index in [1.165, 1.54) is 0 Å². The second kappa shape index (κ2) is 5.83. The van der Waals surface area contributed by atoms with Crippen LogP contribution in [-0.4, -0.2) is 38.5 Å². The van der Waals surface area contributed by atoms with E-state index in [0.717, 1.165) is 32.8 Å². The fraction of sp³-hybridized carbons (Fsp3) is 1.00. The Morgan fingerprint density at radius 1 is 1.33 bits per heavy atom. The first-order valence-electron chi connectivity index (χ1n) is 5.98. The Bertz CT molecular complexity index is 171. The molecular formula is C12H25NO2. The Kier molecular flexibility index (Phi) is 5.03. The van der Waals surface area contributed by atoms with Crippen molar-refractivity contribution in [3.8, 4) is 0 Å². The standard InChI is InChI=1S/C12H25NO2/c1-5-6-13-11(12(2,3)4)10-9-14-7-8-15-10/h10-11,13H,5-9H2,1-4H3. The van der Waals surface area contributed by atoms with Gasteiger partial charge in [0.05, 0.1) is 25.9 Å². The van der Waals surface area contributed by atoms with Crippen LogP contribution >= 0.6 is 0 Å². The van der Waals surface area contributed by atoms with Gasteiger partial charge in [0.25, 0.3) is 0 Å². The number of nitrogens with one attached hydrogen (secondary N) is 1. The Morgan fingerprint density at radius 2 is 2.07 bits per heavy atom. The van der Waals surface area contributed by atoms with Crippen LogP contribution in [-0.2, 0) is 9.47 Å². The smallest absolute Gasteiger partial charge is 0.0967 e. The summed E-state index contributed by atoms with van der Waals surface area (Å²) in [5.74, 6) is 0. The van der Waals surface area contributed by atoms with Gasteiger partial charge in [-0.05, 0) is 18.4 Å². The van der Waals surface area contributed by atoms with Crippen LogP contribution in [0.5, 0.6) is 0 Å². The maximum atomic E-state index is 5.78. The molecule has 1 N–H and O–H groups in total. The van der Waals surface area contributed by atoms with Gasteiger partial charge >= 0.3 is 0 Å². The van der Waals surface area contributed by atoms with Gasteiger partial charge in [-0.3, -0.25) is 0 Å². The predicted molar refractivity (Wildman–Crippen MR) is 62.1 cm³/mol. The van der Waals surface area contributed by atoms with Crippen molar-refractivity contribution in [1.29, 1.82) is 0 Å². The molecule has 0 bridgehead atoms. The molecule has 1 rings (SSSR count). The number of rotatable bonds is 4. The summed E-state index contributed by atoms with van der Waals surface area (Å²) in [5.41, 5.74) is 0.209. The first kappa shape index (κ1) is 12.9. The summed E-state index contributed by atoms with van der Waals surface area (Å²) in [6.07, 6.45) is 1.35. The normalized spacial score (nSPS) is 25.2. The molecule has 1 fully saturated rings. The highest BCUT2D eigenvalue weighted by atomic mass is 16.6. The molecule has 0 aromatic carbocycles. The molecule has 3 heteroatoms. The zero-order valence-corrected chi connectivity index (χ0v) is 10.5. The highest BCUT2D eigenvalue weighted by Crippen LogP contribution is 2.24. The van der Waals surface area contributed by atoms with Gasteiger partial charge in [0.1, 0.15) is 0 Å². The van der Waals surface area contributed by atoms with Crippen LogP contribution in [0.4, 0.5) is 0 Å². The van der Waals surface area contributed by atoms with Crippen LogP contribution < -0.4 is 5.32 Å². The molecule has 0 aromatic heterocycles. The number of hydrogen-bond donors (Lipinski definition) is 1. The Hall–Kier alpha value is -0.120. The minimum Gasteiger partial charge on any atom is -0.376 e. The van der Waals surface area contributed by atoms with E-state index in [4.69, 9.17) is 9.47 Å². The van der Waals surface area contributed by atoms with Crippen molar-refractivity contribution in [2.45, 2.75) is 46.3 Å². The first-order valence-corrected chi connectivity index (χ1v) is 5.98. The predicted octanol–water partition coefficient (Wildman–Crippen LogP) is 1.82. The van der Waals surface area contributed by atoms with Gasteiger partial charge in [0.15, 0.2) is 0 Å². The molecule has 3 nitrogen and oxygen atoms in total. The summed E-state index contributed by atoms with van der Waals surface area (Å²) in [4.78, 5) is 0. The molecule has 2 atom stereocenters. The largest absolute Gasteiger partial charge is 0.376 e. The summed E-state index contributed by atoms with van der Waals surface area (Å²) in [7, 11) is 0. The summed E-state index contributed by atoms with van der Waals surface area (Å²) in [6.45, 7) is 12.2. The van der Waals surface area contributed by atoms with E-state index in [1.807, 2.05) is 0 Å². The van der Waals surface area contributed by atoms with Crippen LogP contribution in [0.15, 0.2) is 0 Å². The molecule has 0 amide bonds. The number of ether oxygens (including phenoxy) is 2. The molecule has 1 aliphatic heterocycles. The van der Waals surface area contributed by atoms with Gasteiger partial charge < -0.3 is 14.8 Å². The van der Waals surface area contributed by atoms with Crippen LogP contribution in [0.2, 0.25) is 0 Å². The van der Waals surface area contributed by atoms with Crippen molar-refractivity contribution in [1.82, 2.24) is 5.32 Å². The van der Waals surface area contributed by atoms with Gasteiger partial charge in [-0.25, -0.2) is 0 Å². The quantitative estimate of drug-likeness (QED) is 0.776. The van der Waals surface area contributed by atoms with E-state index >= 15 is 0 Å². The maximum absolute atomic E-state index is 5.78. The van der Waals surface area contributed by atoms with E-state index in [0.29, 0.717) is 6.04 Å². The lowest BCUT2D eigenvalue weighted by Crippen LogP contribution is -2.53. The highest BCUT2D eigenvalue weighted by Gasteiger charge is 2.33. The molecule has 1 heterocycles. The molecule has 0 spiro atoms. The first-order chi connectivity index (χ1) is 7.05. The van der Waals surface area contributed by atoms with E-state index < -0.39 is 0 Å². The van der Waals surface area contributed by atoms with Gasteiger partial charge in [-0.15, -0.1) is 0 Å². The van der Waals surface area contributed by atoms with Gasteiger partial charge in [0, 0.05) is 6.04 Å². The highest BCUT2D eigenvalue weighted by molar-refractivity contribution is 4.88. The van der Waals surface area contributed by atoms with Gasteiger partial charge in [-0.2, -0.15) is 0 Å². The Morgan fingerprint density at radius 3 is 2.53 bits per heavy atom. The fourth-order valence-electron chi connectivity index (χ4n) is 1.99. The van der Waals surface area contributed by atoms with Gasteiger partial charge in [-0.1, -0.05) is 27.7 Å². The SMILES string of the molecule is CCCNC(C1COCCO1)C(C)(C)C. The monoisotopic (exact) mass is 215 g/mol. The third-order valence-electron chi connectivity index (χ3n) is 2.76. The van der Waals surface area contributed by atoms with Gasteiger partial charge in [0.2, 0.25) is 0 Å². The van der Waals surface area contributed by atoms with E-state index in [9.17, 15) is 0 Å². The summed E-state index contributed by atoms with van der Waals surface area (Å²) in [6, 6.07) is 0.373. The third kappa shape index (κ3) is 4.09. The lowest BCUT2D eigenvalue weighted by Gasteiger charge is -2.39. The molecule has 0 radical (unpaired) electrons.